The summed E-state index contributed by atoms with van der Waals surface area (Å²) in [5.41, 5.74) is 2.37. The predicted octanol–water partition coefficient (Wildman–Crippen LogP) is 2.61. The van der Waals surface area contributed by atoms with E-state index < -0.39 is 5.97 Å². The zero-order valence-corrected chi connectivity index (χ0v) is 12.6. The Morgan fingerprint density at radius 1 is 1.40 bits per heavy atom. The minimum absolute atomic E-state index is 0.421. The SMILES string of the molecule is CCN(CC)C1CCN(c2c(C)cccc2C(=O)O)C1. The van der Waals surface area contributed by atoms with Crippen LogP contribution in [0.25, 0.3) is 0 Å². The van der Waals surface area contributed by atoms with Crippen LogP contribution in [0.3, 0.4) is 0 Å². The van der Waals surface area contributed by atoms with E-state index in [1.165, 1.54) is 0 Å². The summed E-state index contributed by atoms with van der Waals surface area (Å²) in [5, 5.41) is 9.38. The molecule has 1 heterocycles. The van der Waals surface area contributed by atoms with Gasteiger partial charge in [0.05, 0.1) is 11.3 Å². The monoisotopic (exact) mass is 276 g/mol. The van der Waals surface area contributed by atoms with Gasteiger partial charge in [-0.25, -0.2) is 4.79 Å². The average Bonchev–Trinajstić information content (AvgIpc) is 2.89. The molecular formula is C16H24N2O2. The zero-order chi connectivity index (χ0) is 14.7. The van der Waals surface area contributed by atoms with Crippen molar-refractivity contribution in [2.45, 2.75) is 33.2 Å². The molecule has 1 unspecified atom stereocenters. The molecule has 1 aromatic rings. The van der Waals surface area contributed by atoms with Crippen LogP contribution in [-0.2, 0) is 0 Å². The standard InChI is InChI=1S/C16H24N2O2/c1-4-17(5-2)13-9-10-18(11-13)15-12(3)7-6-8-14(15)16(19)20/h6-8,13H,4-5,9-11H2,1-3H3,(H,19,20). The van der Waals surface area contributed by atoms with E-state index in [0.29, 0.717) is 11.6 Å². The number of anilines is 1. The number of carbonyl (C=O) groups is 1. The van der Waals surface area contributed by atoms with Crippen LogP contribution in [0.15, 0.2) is 18.2 Å². The largest absolute Gasteiger partial charge is 0.478 e. The lowest BCUT2D eigenvalue weighted by molar-refractivity contribution is 0.0697. The van der Waals surface area contributed by atoms with E-state index in [1.807, 2.05) is 19.1 Å². The molecule has 2 rings (SSSR count). The molecule has 110 valence electrons. The third-order valence-corrected chi connectivity index (χ3v) is 4.28. The van der Waals surface area contributed by atoms with Crippen LogP contribution in [0.5, 0.6) is 0 Å². The second-order valence-corrected chi connectivity index (χ2v) is 5.39. The molecule has 0 aromatic heterocycles. The molecule has 1 aliphatic rings. The van der Waals surface area contributed by atoms with Crippen molar-refractivity contribution < 1.29 is 9.90 Å². The maximum absolute atomic E-state index is 11.4. The lowest BCUT2D eigenvalue weighted by atomic mass is 10.1. The van der Waals surface area contributed by atoms with Crippen LogP contribution in [0.2, 0.25) is 0 Å². The highest BCUT2D eigenvalue weighted by molar-refractivity contribution is 5.95. The van der Waals surface area contributed by atoms with E-state index in [2.05, 4.69) is 23.6 Å². The second-order valence-electron chi connectivity index (χ2n) is 5.39. The van der Waals surface area contributed by atoms with E-state index in [4.69, 9.17) is 0 Å². The molecule has 4 nitrogen and oxygen atoms in total. The average molecular weight is 276 g/mol. The molecule has 0 saturated carbocycles. The highest BCUT2D eigenvalue weighted by Gasteiger charge is 2.29. The van der Waals surface area contributed by atoms with Crippen molar-refractivity contribution in [3.8, 4) is 0 Å². The number of aromatic carboxylic acids is 1. The van der Waals surface area contributed by atoms with Gasteiger partial charge in [-0.1, -0.05) is 26.0 Å². The van der Waals surface area contributed by atoms with Gasteiger partial charge in [-0.3, -0.25) is 4.90 Å². The van der Waals surface area contributed by atoms with E-state index in [1.54, 1.807) is 6.07 Å². The highest BCUT2D eigenvalue weighted by atomic mass is 16.4. The maximum Gasteiger partial charge on any atom is 0.337 e. The van der Waals surface area contributed by atoms with Gasteiger partial charge in [-0.2, -0.15) is 0 Å². The normalized spacial score (nSPS) is 18.8. The van der Waals surface area contributed by atoms with Gasteiger partial charge in [0.15, 0.2) is 0 Å². The maximum atomic E-state index is 11.4. The Balaban J connectivity index is 2.24. The van der Waals surface area contributed by atoms with Crippen molar-refractivity contribution in [3.63, 3.8) is 0 Å². The molecule has 0 amide bonds. The number of nitrogens with zero attached hydrogens (tertiary/aromatic N) is 2. The van der Waals surface area contributed by atoms with Crippen LogP contribution in [0, 0.1) is 6.92 Å². The highest BCUT2D eigenvalue weighted by Crippen LogP contribution is 2.29. The van der Waals surface area contributed by atoms with Gasteiger partial charge in [-0.05, 0) is 38.1 Å². The third kappa shape index (κ3) is 2.80. The molecule has 1 aromatic carbocycles. The molecule has 1 fully saturated rings. The first-order valence-electron chi connectivity index (χ1n) is 7.40. The van der Waals surface area contributed by atoms with Crippen molar-refractivity contribution >= 4 is 11.7 Å². The second kappa shape index (κ2) is 6.27. The lowest BCUT2D eigenvalue weighted by Gasteiger charge is -2.27. The number of benzene rings is 1. The smallest absolute Gasteiger partial charge is 0.337 e. The summed E-state index contributed by atoms with van der Waals surface area (Å²) in [4.78, 5) is 16.1. The van der Waals surface area contributed by atoms with E-state index in [-0.39, 0.29) is 0 Å². The minimum Gasteiger partial charge on any atom is -0.478 e. The molecule has 0 bridgehead atoms. The molecular weight excluding hydrogens is 252 g/mol. The Bertz CT molecular complexity index is 483. The van der Waals surface area contributed by atoms with Crippen molar-refractivity contribution in [2.24, 2.45) is 0 Å². The summed E-state index contributed by atoms with van der Waals surface area (Å²) in [6.07, 6.45) is 1.11. The third-order valence-electron chi connectivity index (χ3n) is 4.28. The summed E-state index contributed by atoms with van der Waals surface area (Å²) in [5.74, 6) is -0.838. The van der Waals surface area contributed by atoms with Crippen LogP contribution >= 0.6 is 0 Å². The molecule has 1 atom stereocenters. The molecule has 0 radical (unpaired) electrons. The summed E-state index contributed by atoms with van der Waals surface area (Å²) in [7, 11) is 0. The van der Waals surface area contributed by atoms with Gasteiger partial charge in [0.25, 0.3) is 0 Å². The van der Waals surface area contributed by atoms with Crippen molar-refractivity contribution in [1.82, 2.24) is 4.90 Å². The van der Waals surface area contributed by atoms with E-state index in [9.17, 15) is 9.90 Å². The number of hydrogen-bond acceptors (Lipinski definition) is 3. The molecule has 0 spiro atoms. The molecule has 20 heavy (non-hydrogen) atoms. The van der Waals surface area contributed by atoms with E-state index >= 15 is 0 Å². The predicted molar refractivity (Wildman–Crippen MR) is 81.7 cm³/mol. The van der Waals surface area contributed by atoms with Crippen molar-refractivity contribution in [1.29, 1.82) is 0 Å². The Hall–Kier alpha value is -1.55. The first-order valence-corrected chi connectivity index (χ1v) is 7.40. The Labute approximate surface area is 121 Å². The Kier molecular flexibility index (Phi) is 4.65. The quantitative estimate of drug-likeness (QED) is 0.898. The number of likely N-dealkylation sites (N-methyl/N-ethyl adjacent to an activating group) is 1. The number of para-hydroxylation sites is 1. The molecule has 4 heteroatoms. The van der Waals surface area contributed by atoms with Gasteiger partial charge >= 0.3 is 5.97 Å². The van der Waals surface area contributed by atoms with Crippen molar-refractivity contribution in [2.75, 3.05) is 31.1 Å². The molecule has 0 aliphatic carbocycles. The van der Waals surface area contributed by atoms with Crippen LogP contribution in [-0.4, -0.2) is 48.2 Å². The summed E-state index contributed by atoms with van der Waals surface area (Å²) in [6.45, 7) is 10.3. The fourth-order valence-electron chi connectivity index (χ4n) is 3.23. The number of rotatable bonds is 5. The number of carboxylic acid groups (broad SMARTS) is 1. The van der Waals surface area contributed by atoms with Gasteiger partial charge in [-0.15, -0.1) is 0 Å². The fourth-order valence-corrected chi connectivity index (χ4v) is 3.23. The Morgan fingerprint density at radius 3 is 2.70 bits per heavy atom. The fraction of sp³-hybridized carbons (Fsp3) is 0.562. The number of aryl methyl sites for hydroxylation is 1. The lowest BCUT2D eigenvalue weighted by Crippen LogP contribution is -2.37. The van der Waals surface area contributed by atoms with Crippen LogP contribution in [0.1, 0.15) is 36.2 Å². The minimum atomic E-state index is -0.838. The van der Waals surface area contributed by atoms with Gasteiger partial charge in [0.2, 0.25) is 0 Å². The topological polar surface area (TPSA) is 43.8 Å². The van der Waals surface area contributed by atoms with Gasteiger partial charge in [0.1, 0.15) is 0 Å². The van der Waals surface area contributed by atoms with Crippen LogP contribution < -0.4 is 4.90 Å². The first-order chi connectivity index (χ1) is 9.58. The Morgan fingerprint density at radius 2 is 2.10 bits per heavy atom. The molecule has 1 aliphatic heterocycles. The van der Waals surface area contributed by atoms with Crippen molar-refractivity contribution in [3.05, 3.63) is 29.3 Å². The molecule has 1 N–H and O–H groups in total. The summed E-state index contributed by atoms with van der Waals surface area (Å²) in [6, 6.07) is 6.05. The first kappa shape index (κ1) is 14.9. The zero-order valence-electron chi connectivity index (χ0n) is 12.6. The van der Waals surface area contributed by atoms with Crippen LogP contribution in [0.4, 0.5) is 5.69 Å². The number of hydrogen-bond donors (Lipinski definition) is 1. The summed E-state index contributed by atoms with van der Waals surface area (Å²) < 4.78 is 0. The van der Waals surface area contributed by atoms with Gasteiger partial charge < -0.3 is 10.0 Å². The summed E-state index contributed by atoms with van der Waals surface area (Å²) >= 11 is 0. The number of carboxylic acids is 1. The molecule has 1 saturated heterocycles. The van der Waals surface area contributed by atoms with E-state index in [0.717, 1.165) is 43.9 Å². The van der Waals surface area contributed by atoms with Gasteiger partial charge in [0, 0.05) is 19.1 Å².